The molecule has 0 atom stereocenters. The van der Waals surface area contributed by atoms with E-state index >= 15 is 0 Å². The molecule has 0 bridgehead atoms. The van der Waals surface area contributed by atoms with Gasteiger partial charge in [0.15, 0.2) is 5.03 Å². The number of aromatic nitrogens is 6. The molecular formula is C44H43Cl2F3N12O15S2. The molecule has 0 radical (unpaired) electrons. The highest BCUT2D eigenvalue weighted by atomic mass is 35.5. The first-order valence-electron chi connectivity index (χ1n) is 21.3. The lowest BCUT2D eigenvalue weighted by Gasteiger charge is -2.14. The van der Waals surface area contributed by atoms with Gasteiger partial charge in [0.2, 0.25) is 23.7 Å². The fraction of sp³-hybridized carbons (Fsp3) is 0.227. The Morgan fingerprint density at radius 2 is 1.36 bits per heavy atom. The van der Waals surface area contributed by atoms with E-state index in [1.165, 1.54) is 108 Å². The Morgan fingerprint density at radius 1 is 0.744 bits per heavy atom. The van der Waals surface area contributed by atoms with E-state index in [-0.39, 0.29) is 68.6 Å². The summed E-state index contributed by atoms with van der Waals surface area (Å²) in [7, 11) is -0.856. The number of urea groups is 2. The normalized spacial score (nSPS) is 10.9. The topological polar surface area (TPSA) is 355 Å². The summed E-state index contributed by atoms with van der Waals surface area (Å²) in [6.45, 7) is 1.50. The number of carbonyl (C=O) groups is 4. The van der Waals surface area contributed by atoms with Gasteiger partial charge >= 0.3 is 30.2 Å². The minimum Gasteiger partial charge on any atom is -0.481 e. The molecule has 416 valence electrons. The van der Waals surface area contributed by atoms with Gasteiger partial charge < -0.3 is 28.6 Å². The van der Waals surface area contributed by atoms with Crippen molar-refractivity contribution in [3.05, 3.63) is 128 Å². The number of amides is 5. The SMILES string of the molecule is COC(=O)c1cc(Oc2ccc(Cl)cc2Cl)ccc1[N+](=O)[O-].COc1cc(OC)nc(NC(=O)NS(=O)(=O)c2ncccc2C(=O)N(C)C)n1.COc1nc(C)nc(NC(=O)NS(=O)(=O)c2ccccc2CCC(F)(F)F)n1. The molecule has 0 aliphatic carbocycles. The van der Waals surface area contributed by atoms with Gasteiger partial charge in [0.05, 0.1) is 54.9 Å². The lowest BCUT2D eigenvalue weighted by molar-refractivity contribution is -0.385. The lowest BCUT2D eigenvalue weighted by atomic mass is 10.1. The molecule has 3 aromatic heterocycles. The van der Waals surface area contributed by atoms with Crippen LogP contribution >= 0.6 is 23.2 Å². The number of alkyl halides is 3. The molecule has 0 spiro atoms. The van der Waals surface area contributed by atoms with E-state index in [1.54, 1.807) is 21.6 Å². The third kappa shape index (κ3) is 18.2. The summed E-state index contributed by atoms with van der Waals surface area (Å²) in [6.07, 6.45) is -5.01. The maximum atomic E-state index is 12.5. The lowest BCUT2D eigenvalue weighted by Crippen LogP contribution is -2.36. The summed E-state index contributed by atoms with van der Waals surface area (Å²) >= 11 is 11.8. The van der Waals surface area contributed by atoms with Crippen LogP contribution in [0.3, 0.4) is 0 Å². The molecule has 6 aromatic rings. The highest BCUT2D eigenvalue weighted by molar-refractivity contribution is 7.90. The van der Waals surface area contributed by atoms with Crippen molar-refractivity contribution in [1.29, 1.82) is 0 Å². The van der Waals surface area contributed by atoms with E-state index in [0.717, 1.165) is 19.2 Å². The van der Waals surface area contributed by atoms with Gasteiger partial charge in [-0.1, -0.05) is 41.4 Å². The predicted octanol–water partition coefficient (Wildman–Crippen LogP) is 6.78. The van der Waals surface area contributed by atoms with Crippen LogP contribution in [0.25, 0.3) is 0 Å². The van der Waals surface area contributed by atoms with Gasteiger partial charge in [-0.15, -0.1) is 0 Å². The van der Waals surface area contributed by atoms with Gasteiger partial charge in [0, 0.05) is 43.9 Å². The Balaban J connectivity index is 0.000000254. The highest BCUT2D eigenvalue weighted by Gasteiger charge is 2.30. The number of nitro benzene ring substituents is 1. The largest absolute Gasteiger partial charge is 0.481 e. The number of aryl methyl sites for hydroxylation is 2. The maximum absolute atomic E-state index is 12.5. The summed E-state index contributed by atoms with van der Waals surface area (Å²) in [4.78, 5) is 81.7. The molecular weight excluding hydrogens is 1130 g/mol. The number of benzene rings is 3. The number of hydrogen-bond acceptors (Lipinski definition) is 21. The Labute approximate surface area is 451 Å². The van der Waals surface area contributed by atoms with Gasteiger partial charge in [0.1, 0.15) is 22.9 Å². The Bertz CT molecular complexity index is 3400. The van der Waals surface area contributed by atoms with Crippen molar-refractivity contribution in [2.75, 3.05) is 53.2 Å². The van der Waals surface area contributed by atoms with Crippen LogP contribution < -0.4 is 39.0 Å². The van der Waals surface area contributed by atoms with Crippen LogP contribution in [0.15, 0.2) is 95.0 Å². The standard InChI is InChI=1S/C15H16F3N5O4S.C15H18N6O6S.C14H9Cl2NO5/c1-9-19-12(22-14(20-9)27-2)21-13(24)23-28(25,26)11-6-4-3-5-10(11)7-8-15(16,17)18;1-21(2)13(22)9-6-5-7-16-12(9)28(24,25)20-15(23)19-14-17-10(26-3)8-11(18-14)27-4;1-21-14(18)10-7-9(3-4-12(10)17(19)20)22-13-5-2-8(15)6-11(13)16/h3-6H,7-8H2,1-2H3,(H2,19,20,21,22,23,24);5-8H,1-4H3,(H2,17,18,19,20,23);2-7H,1H3. The first kappa shape index (κ1) is 61.8. The van der Waals surface area contributed by atoms with E-state index in [2.05, 4.69) is 45.3 Å². The highest BCUT2D eigenvalue weighted by Crippen LogP contribution is 2.34. The molecule has 0 aliphatic rings. The zero-order valence-electron chi connectivity index (χ0n) is 41.4. The van der Waals surface area contributed by atoms with Crippen LogP contribution in [0, 0.1) is 17.0 Å². The van der Waals surface area contributed by atoms with Crippen molar-refractivity contribution >= 4 is 84.8 Å². The van der Waals surface area contributed by atoms with Crippen LogP contribution in [0.4, 0.5) is 40.3 Å². The van der Waals surface area contributed by atoms with Crippen LogP contribution in [0.5, 0.6) is 29.3 Å². The Hall–Kier alpha value is -8.75. The molecule has 0 unspecified atom stereocenters. The monoisotopic (exact) mass is 1170 g/mol. The number of halogens is 5. The molecule has 0 saturated carbocycles. The molecule has 0 saturated heterocycles. The van der Waals surface area contributed by atoms with Gasteiger partial charge in [-0.05, 0) is 61.4 Å². The van der Waals surface area contributed by atoms with Crippen LogP contribution in [0.1, 0.15) is 38.5 Å². The van der Waals surface area contributed by atoms with E-state index < -0.39 is 77.8 Å². The van der Waals surface area contributed by atoms with Crippen LogP contribution in [0.2, 0.25) is 10.0 Å². The predicted molar refractivity (Wildman–Crippen MR) is 269 cm³/mol. The fourth-order valence-corrected chi connectivity index (χ4v) is 8.49. The number of hydrogen-bond donors (Lipinski definition) is 4. The Kier molecular flexibility index (Phi) is 21.7. The third-order valence-electron chi connectivity index (χ3n) is 9.21. The van der Waals surface area contributed by atoms with Gasteiger partial charge in [-0.3, -0.25) is 25.5 Å². The first-order chi connectivity index (χ1) is 36.6. The van der Waals surface area contributed by atoms with E-state index in [4.69, 9.17) is 42.1 Å². The first-order valence-corrected chi connectivity index (χ1v) is 25.0. The second kappa shape index (κ2) is 27.3. The molecule has 5 amide bonds. The minimum atomic E-state index is -4.46. The van der Waals surface area contributed by atoms with Crippen molar-refractivity contribution in [2.45, 2.75) is 35.9 Å². The summed E-state index contributed by atoms with van der Waals surface area (Å²) < 4.78 is 116. The van der Waals surface area contributed by atoms with Crippen LogP contribution in [-0.2, 0) is 31.2 Å². The zero-order valence-corrected chi connectivity index (χ0v) is 44.5. The zero-order chi connectivity index (χ0) is 58.1. The second-order valence-electron chi connectivity index (χ2n) is 15.0. The van der Waals surface area contributed by atoms with Gasteiger partial charge in [-0.2, -0.15) is 46.5 Å². The van der Waals surface area contributed by atoms with Crippen molar-refractivity contribution in [1.82, 2.24) is 44.2 Å². The van der Waals surface area contributed by atoms with Gasteiger partial charge in [-0.25, -0.2) is 37.2 Å². The Morgan fingerprint density at radius 3 is 1.92 bits per heavy atom. The number of carbonyl (C=O) groups excluding carboxylic acids is 4. The summed E-state index contributed by atoms with van der Waals surface area (Å²) in [6, 6.07) is 15.1. The summed E-state index contributed by atoms with van der Waals surface area (Å²) in [5.41, 5.74) is -0.846. The number of rotatable bonds is 16. The van der Waals surface area contributed by atoms with Crippen molar-refractivity contribution in [3.8, 4) is 29.3 Å². The smallest absolute Gasteiger partial charge is 0.389 e. The summed E-state index contributed by atoms with van der Waals surface area (Å²) in [5.74, 6) is -1.04. The molecule has 3 aromatic carbocycles. The third-order valence-corrected chi connectivity index (χ3v) is 12.5. The number of nitrogens with one attached hydrogen (secondary N) is 4. The molecule has 3 heterocycles. The maximum Gasteiger partial charge on any atom is 0.389 e. The molecule has 6 rings (SSSR count). The number of pyridine rings is 1. The van der Waals surface area contributed by atoms with E-state index in [1.807, 2.05) is 0 Å². The molecule has 0 aliphatic heterocycles. The number of ether oxygens (including phenoxy) is 5. The average Bonchev–Trinajstić information content (AvgIpc) is 3.42. The van der Waals surface area contributed by atoms with Crippen molar-refractivity contribution in [2.24, 2.45) is 0 Å². The van der Waals surface area contributed by atoms with E-state index in [9.17, 15) is 59.3 Å². The molecule has 27 nitrogen and oxygen atoms in total. The summed E-state index contributed by atoms with van der Waals surface area (Å²) in [5, 5.41) is 15.3. The molecule has 4 N–H and O–H groups in total. The number of anilines is 2. The minimum absolute atomic E-state index is 0.0715. The number of methoxy groups -OCH3 is 4. The fourth-order valence-electron chi connectivity index (χ4n) is 5.83. The quantitative estimate of drug-likeness (QED) is 0.0441. The van der Waals surface area contributed by atoms with Crippen molar-refractivity contribution < 1.29 is 77.8 Å². The molecule has 0 fully saturated rings. The number of sulfonamides is 2. The van der Waals surface area contributed by atoms with Crippen molar-refractivity contribution in [3.63, 3.8) is 0 Å². The molecule has 78 heavy (non-hydrogen) atoms. The second-order valence-corrected chi connectivity index (χ2v) is 19.1. The number of nitrogens with zero attached hydrogens (tertiary/aromatic N) is 8. The van der Waals surface area contributed by atoms with E-state index in [0.29, 0.717) is 10.8 Å². The number of esters is 1. The number of nitro groups is 1. The van der Waals surface area contributed by atoms with Crippen LogP contribution in [-0.4, -0.2) is 129 Å². The average molecular weight is 1170 g/mol. The van der Waals surface area contributed by atoms with Gasteiger partial charge in [0.25, 0.3) is 31.6 Å². The molecule has 34 heteroatoms.